The van der Waals surface area contributed by atoms with Crippen molar-refractivity contribution in [2.45, 2.75) is 6.92 Å². The first-order valence-electron chi connectivity index (χ1n) is 8.82. The summed E-state index contributed by atoms with van der Waals surface area (Å²) in [6.07, 6.45) is 1.72. The van der Waals surface area contributed by atoms with Crippen LogP contribution in [0.3, 0.4) is 0 Å². The van der Waals surface area contributed by atoms with Crippen molar-refractivity contribution in [2.24, 2.45) is 4.99 Å². The van der Waals surface area contributed by atoms with Gasteiger partial charge in [0.1, 0.15) is 15.4 Å². The van der Waals surface area contributed by atoms with Crippen LogP contribution in [0.1, 0.15) is 15.4 Å². The maximum absolute atomic E-state index is 11.9. The van der Waals surface area contributed by atoms with Crippen molar-refractivity contribution in [1.82, 2.24) is 9.88 Å². The molecule has 0 aliphatic carbocycles. The van der Waals surface area contributed by atoms with Crippen molar-refractivity contribution in [2.75, 3.05) is 26.3 Å². The molecule has 1 aliphatic heterocycles. The standard InChI is InChI=1S/C20H18BrN3O3S/c1-12-10-15(13-2-4-14(21)5-3-13)16-17(18(20(25)26)28-19(16)23-12)22-11-24-6-8-27-9-7-24/h2-5,10-11H,6-9H2,1H3,(H,25,26). The Labute approximate surface area is 174 Å². The van der Waals surface area contributed by atoms with E-state index in [2.05, 4.69) is 25.9 Å². The maximum Gasteiger partial charge on any atom is 0.348 e. The SMILES string of the molecule is Cc1cc(-c2ccc(Br)cc2)c2c(N=CN3CCOCC3)c(C(=O)O)sc2n1. The van der Waals surface area contributed by atoms with Crippen molar-refractivity contribution in [3.05, 3.63) is 45.4 Å². The van der Waals surface area contributed by atoms with E-state index in [-0.39, 0.29) is 4.88 Å². The number of carboxylic acids is 1. The highest BCUT2D eigenvalue weighted by molar-refractivity contribution is 9.10. The largest absolute Gasteiger partial charge is 0.477 e. The molecular formula is C20H18BrN3O3S. The molecule has 0 bridgehead atoms. The van der Waals surface area contributed by atoms with Gasteiger partial charge < -0.3 is 14.7 Å². The Morgan fingerprint density at radius 2 is 2.04 bits per heavy atom. The number of nitrogens with zero attached hydrogens (tertiary/aromatic N) is 3. The maximum atomic E-state index is 11.9. The number of aromatic carboxylic acids is 1. The van der Waals surface area contributed by atoms with Crippen molar-refractivity contribution in [3.63, 3.8) is 0 Å². The fraction of sp³-hybridized carbons (Fsp3) is 0.250. The molecule has 1 aliphatic rings. The van der Waals surface area contributed by atoms with Crippen molar-refractivity contribution >= 4 is 55.5 Å². The lowest BCUT2D eigenvalue weighted by atomic mass is 10.0. The number of benzene rings is 1. The molecule has 0 spiro atoms. The molecule has 1 saturated heterocycles. The van der Waals surface area contributed by atoms with Crippen LogP contribution in [-0.2, 0) is 4.74 Å². The predicted molar refractivity (Wildman–Crippen MR) is 115 cm³/mol. The van der Waals surface area contributed by atoms with E-state index in [9.17, 15) is 9.90 Å². The van der Waals surface area contributed by atoms with E-state index in [0.717, 1.165) is 39.8 Å². The van der Waals surface area contributed by atoms with Gasteiger partial charge in [-0.25, -0.2) is 14.8 Å². The summed E-state index contributed by atoms with van der Waals surface area (Å²) in [4.78, 5) is 24.0. The third kappa shape index (κ3) is 3.80. The van der Waals surface area contributed by atoms with Gasteiger partial charge in [0.2, 0.25) is 0 Å². The second-order valence-corrected chi connectivity index (χ2v) is 8.39. The predicted octanol–water partition coefficient (Wildman–Crippen LogP) is 4.72. The van der Waals surface area contributed by atoms with Crippen LogP contribution in [0.5, 0.6) is 0 Å². The quantitative estimate of drug-likeness (QED) is 0.450. The van der Waals surface area contributed by atoms with Crippen LogP contribution < -0.4 is 0 Å². The lowest BCUT2D eigenvalue weighted by Gasteiger charge is -2.24. The molecule has 0 atom stereocenters. The van der Waals surface area contributed by atoms with Crippen LogP contribution in [0.15, 0.2) is 39.8 Å². The summed E-state index contributed by atoms with van der Waals surface area (Å²) in [5, 5.41) is 10.5. The number of hydrogen-bond donors (Lipinski definition) is 1. The van der Waals surface area contributed by atoms with Gasteiger partial charge in [-0.3, -0.25) is 0 Å². The molecule has 1 N–H and O–H groups in total. The van der Waals surface area contributed by atoms with E-state index in [1.165, 1.54) is 11.3 Å². The Morgan fingerprint density at radius 1 is 1.32 bits per heavy atom. The monoisotopic (exact) mass is 459 g/mol. The zero-order chi connectivity index (χ0) is 19.7. The lowest BCUT2D eigenvalue weighted by Crippen LogP contribution is -2.35. The molecule has 28 heavy (non-hydrogen) atoms. The normalized spacial score (nSPS) is 14.9. The second-order valence-electron chi connectivity index (χ2n) is 6.48. The van der Waals surface area contributed by atoms with E-state index in [4.69, 9.17) is 4.74 Å². The minimum absolute atomic E-state index is 0.205. The van der Waals surface area contributed by atoms with Crippen LogP contribution >= 0.6 is 27.3 Å². The Kier molecular flexibility index (Phi) is 5.43. The van der Waals surface area contributed by atoms with Gasteiger partial charge in [-0.1, -0.05) is 28.1 Å². The number of rotatable bonds is 4. The van der Waals surface area contributed by atoms with Crippen molar-refractivity contribution in [3.8, 4) is 11.1 Å². The molecule has 3 heterocycles. The number of aliphatic imine (C=N–C) groups is 1. The molecular weight excluding hydrogens is 442 g/mol. The summed E-state index contributed by atoms with van der Waals surface area (Å²) in [6.45, 7) is 4.69. The number of aryl methyl sites for hydroxylation is 1. The first kappa shape index (κ1) is 19.0. The van der Waals surface area contributed by atoms with Crippen LogP contribution in [0.4, 0.5) is 5.69 Å². The van der Waals surface area contributed by atoms with Gasteiger partial charge in [0.25, 0.3) is 0 Å². The van der Waals surface area contributed by atoms with Crippen LogP contribution in [0.25, 0.3) is 21.3 Å². The van der Waals surface area contributed by atoms with Crippen molar-refractivity contribution < 1.29 is 14.6 Å². The van der Waals surface area contributed by atoms with Gasteiger partial charge in [0, 0.05) is 28.6 Å². The Bertz CT molecular complexity index is 1060. The molecule has 1 aromatic carbocycles. The highest BCUT2D eigenvalue weighted by Gasteiger charge is 2.22. The number of aromatic nitrogens is 1. The van der Waals surface area contributed by atoms with Gasteiger partial charge in [-0.2, -0.15) is 0 Å². The van der Waals surface area contributed by atoms with Crippen LogP contribution in [0, 0.1) is 6.92 Å². The summed E-state index contributed by atoms with van der Waals surface area (Å²) in [6, 6.07) is 9.94. The Hall–Kier alpha value is -2.29. The van der Waals surface area contributed by atoms with Gasteiger partial charge in [0.05, 0.1) is 19.6 Å². The minimum atomic E-state index is -0.989. The molecule has 0 radical (unpaired) electrons. The molecule has 6 nitrogen and oxygen atoms in total. The molecule has 8 heteroatoms. The summed E-state index contributed by atoms with van der Waals surface area (Å²) in [5.41, 5.74) is 3.24. The number of hydrogen-bond acceptors (Lipinski definition) is 5. The van der Waals surface area contributed by atoms with Crippen molar-refractivity contribution in [1.29, 1.82) is 0 Å². The first-order valence-corrected chi connectivity index (χ1v) is 10.4. The minimum Gasteiger partial charge on any atom is -0.477 e. The highest BCUT2D eigenvalue weighted by Crippen LogP contribution is 2.43. The van der Waals surface area contributed by atoms with Gasteiger partial charge in [-0.15, -0.1) is 11.3 Å². The van der Waals surface area contributed by atoms with Gasteiger partial charge >= 0.3 is 5.97 Å². The van der Waals surface area contributed by atoms with E-state index in [1.54, 1.807) is 6.34 Å². The van der Waals surface area contributed by atoms with Crippen LogP contribution in [0.2, 0.25) is 0 Å². The number of carbonyl (C=O) groups is 1. The Morgan fingerprint density at radius 3 is 2.71 bits per heavy atom. The van der Waals surface area contributed by atoms with Gasteiger partial charge in [-0.05, 0) is 36.2 Å². The number of carboxylic acid groups (broad SMARTS) is 1. The summed E-state index contributed by atoms with van der Waals surface area (Å²) in [7, 11) is 0. The number of thiophene rings is 1. The fourth-order valence-electron chi connectivity index (χ4n) is 3.16. The van der Waals surface area contributed by atoms with E-state index in [0.29, 0.717) is 23.7 Å². The number of fused-ring (bicyclic) bond motifs is 1. The second kappa shape index (κ2) is 7.98. The molecule has 3 aromatic rings. The number of ether oxygens (including phenoxy) is 1. The van der Waals surface area contributed by atoms with E-state index in [1.807, 2.05) is 42.2 Å². The number of pyridine rings is 1. The van der Waals surface area contributed by atoms with Crippen LogP contribution in [-0.4, -0.2) is 53.6 Å². The third-order valence-electron chi connectivity index (χ3n) is 4.51. The summed E-state index contributed by atoms with van der Waals surface area (Å²) in [5.74, 6) is -0.989. The fourth-order valence-corrected chi connectivity index (χ4v) is 4.46. The summed E-state index contributed by atoms with van der Waals surface area (Å²) < 4.78 is 6.35. The average molecular weight is 460 g/mol. The molecule has 0 amide bonds. The smallest absolute Gasteiger partial charge is 0.348 e. The average Bonchev–Trinajstić information content (AvgIpc) is 3.06. The highest BCUT2D eigenvalue weighted by atomic mass is 79.9. The van der Waals surface area contributed by atoms with E-state index < -0.39 is 5.97 Å². The third-order valence-corrected chi connectivity index (χ3v) is 6.10. The molecule has 4 rings (SSSR count). The number of halogens is 1. The zero-order valence-electron chi connectivity index (χ0n) is 15.2. The topological polar surface area (TPSA) is 75.0 Å². The Balaban J connectivity index is 1.90. The summed E-state index contributed by atoms with van der Waals surface area (Å²) >= 11 is 4.63. The molecule has 2 aromatic heterocycles. The number of morpholine rings is 1. The first-order chi connectivity index (χ1) is 13.5. The molecule has 144 valence electrons. The van der Waals surface area contributed by atoms with E-state index >= 15 is 0 Å². The molecule has 0 saturated carbocycles. The molecule has 0 unspecified atom stereocenters. The molecule has 1 fully saturated rings. The van der Waals surface area contributed by atoms with Gasteiger partial charge in [0.15, 0.2) is 0 Å². The zero-order valence-corrected chi connectivity index (χ0v) is 17.6. The lowest BCUT2D eigenvalue weighted by molar-refractivity contribution is 0.0696.